The molecule has 4 aromatic carbocycles. The van der Waals surface area contributed by atoms with Gasteiger partial charge in [0.05, 0.1) is 35.5 Å². The molecule has 9 rings (SSSR count). The number of aromatic nitrogens is 1. The molecule has 1 unspecified atom stereocenters. The zero-order valence-corrected chi connectivity index (χ0v) is 32.1. The molecular formula is C47H44N4O7. The van der Waals surface area contributed by atoms with Crippen molar-refractivity contribution in [3.63, 3.8) is 0 Å². The van der Waals surface area contributed by atoms with Crippen LogP contribution in [0, 0.1) is 0 Å². The molecule has 0 spiro atoms. The first-order chi connectivity index (χ1) is 28.3. The zero-order valence-electron chi connectivity index (χ0n) is 32.1. The van der Waals surface area contributed by atoms with Crippen molar-refractivity contribution in [2.24, 2.45) is 0 Å². The second-order valence-electron chi connectivity index (χ2n) is 15.5. The topological polar surface area (TPSA) is 130 Å². The maximum atomic E-state index is 13.2. The number of ether oxygens (including phenoxy) is 2. The molecule has 1 saturated carbocycles. The Morgan fingerprint density at radius 3 is 2.26 bits per heavy atom. The van der Waals surface area contributed by atoms with E-state index in [1.54, 1.807) is 24.3 Å². The Morgan fingerprint density at radius 1 is 0.724 bits per heavy atom. The number of anilines is 1. The van der Waals surface area contributed by atoms with Gasteiger partial charge in [-0.05, 0) is 96.0 Å². The number of piperazine rings is 1. The van der Waals surface area contributed by atoms with Crippen LogP contribution in [0.1, 0.15) is 80.5 Å². The number of carbonyl (C=O) groups excluding carboxylic acids is 4. The van der Waals surface area contributed by atoms with Crippen LogP contribution in [0.2, 0.25) is 0 Å². The van der Waals surface area contributed by atoms with Crippen molar-refractivity contribution in [2.75, 3.05) is 44.2 Å². The number of Topliss-reactive ketones (excluding diaryl/α,β-unsaturated/α-hetero) is 2. The molecule has 3 atom stereocenters. The Balaban J connectivity index is 0.764. The number of imide groups is 1. The molecule has 2 amide bonds. The number of rotatable bonds is 10. The van der Waals surface area contributed by atoms with Crippen molar-refractivity contribution in [2.45, 2.75) is 50.0 Å². The van der Waals surface area contributed by atoms with Crippen molar-refractivity contribution < 1.29 is 33.8 Å². The average molecular weight is 777 g/mol. The van der Waals surface area contributed by atoms with Gasteiger partial charge in [-0.25, -0.2) is 4.98 Å². The number of nitrogens with zero attached hydrogens (tertiary/aromatic N) is 4. The van der Waals surface area contributed by atoms with Gasteiger partial charge in [-0.1, -0.05) is 48.5 Å². The third-order valence-corrected chi connectivity index (χ3v) is 12.1. The Morgan fingerprint density at radius 2 is 1.50 bits per heavy atom. The molecule has 5 aromatic rings. The van der Waals surface area contributed by atoms with E-state index in [1.165, 1.54) is 22.3 Å². The van der Waals surface area contributed by atoms with E-state index in [1.807, 2.05) is 36.5 Å². The maximum absolute atomic E-state index is 13.2. The lowest BCUT2D eigenvalue weighted by Crippen LogP contribution is -2.47. The molecule has 1 saturated heterocycles. The molecule has 58 heavy (non-hydrogen) atoms. The lowest BCUT2D eigenvalue weighted by molar-refractivity contribution is -0.132. The first-order valence-electron chi connectivity index (χ1n) is 20.1. The fraction of sp³-hybridized carbons (Fsp3) is 0.298. The van der Waals surface area contributed by atoms with Crippen LogP contribution in [0.15, 0.2) is 109 Å². The van der Waals surface area contributed by atoms with E-state index >= 15 is 0 Å². The lowest BCUT2D eigenvalue weighted by atomic mass is 9.69. The largest absolute Gasteiger partial charge is 0.508 e. The Kier molecular flexibility index (Phi) is 10.2. The fourth-order valence-corrected chi connectivity index (χ4v) is 9.03. The fourth-order valence-electron chi connectivity index (χ4n) is 9.03. The molecule has 2 aliphatic heterocycles. The number of benzene rings is 4. The molecule has 0 radical (unpaired) electrons. The normalized spacial score (nSPS) is 20.9. The third-order valence-electron chi connectivity index (χ3n) is 12.1. The highest BCUT2D eigenvalue weighted by molar-refractivity contribution is 6.23. The van der Waals surface area contributed by atoms with E-state index in [0.717, 1.165) is 55.4 Å². The summed E-state index contributed by atoms with van der Waals surface area (Å²) < 4.78 is 12.2. The van der Waals surface area contributed by atoms with Gasteiger partial charge in [0, 0.05) is 51.1 Å². The predicted octanol–water partition coefficient (Wildman–Crippen LogP) is 6.93. The summed E-state index contributed by atoms with van der Waals surface area (Å²) in [6.45, 7) is 4.45. The molecule has 0 bridgehead atoms. The predicted molar refractivity (Wildman–Crippen MR) is 217 cm³/mol. The lowest BCUT2D eigenvalue weighted by Gasteiger charge is -2.35. The van der Waals surface area contributed by atoms with Gasteiger partial charge >= 0.3 is 0 Å². The summed E-state index contributed by atoms with van der Waals surface area (Å²) >= 11 is 0. The van der Waals surface area contributed by atoms with Gasteiger partial charge in [-0.3, -0.25) is 29.0 Å². The summed E-state index contributed by atoms with van der Waals surface area (Å²) in [4.78, 5) is 60.6. The third kappa shape index (κ3) is 7.45. The number of aryl methyl sites for hydroxylation is 1. The second-order valence-corrected chi connectivity index (χ2v) is 15.5. The van der Waals surface area contributed by atoms with Crippen LogP contribution in [-0.4, -0.2) is 88.6 Å². The van der Waals surface area contributed by atoms with E-state index in [2.05, 4.69) is 63.3 Å². The molecule has 11 heteroatoms. The highest BCUT2D eigenvalue weighted by Crippen LogP contribution is 2.47. The summed E-state index contributed by atoms with van der Waals surface area (Å²) in [6, 6.07) is 32.7. The second kappa shape index (κ2) is 15.9. The number of hydrogen-bond acceptors (Lipinski definition) is 10. The number of fused-ring (bicyclic) bond motifs is 2. The van der Waals surface area contributed by atoms with Crippen molar-refractivity contribution in [1.29, 1.82) is 0 Å². The van der Waals surface area contributed by atoms with Crippen LogP contribution >= 0.6 is 0 Å². The Bertz CT molecular complexity index is 2360. The summed E-state index contributed by atoms with van der Waals surface area (Å²) in [7, 11) is 0. The van der Waals surface area contributed by atoms with Gasteiger partial charge in [-0.2, -0.15) is 0 Å². The molecule has 2 aliphatic carbocycles. The van der Waals surface area contributed by atoms with E-state index in [-0.39, 0.29) is 47.9 Å². The van der Waals surface area contributed by atoms with Crippen LogP contribution in [0.4, 0.5) is 5.69 Å². The minimum Gasteiger partial charge on any atom is -0.508 e. The van der Waals surface area contributed by atoms with Crippen LogP contribution in [0.25, 0.3) is 0 Å². The molecular weight excluding hydrogens is 733 g/mol. The molecule has 11 nitrogen and oxygen atoms in total. The SMILES string of the molecule is O=C1CCC(N2C(=O)c3ccc(OCCN4CCN(c5ccc(Oc6ccc([C@@H]7c8ccc(O)cc8CC[C@@H]7c7ccccc7)cc6)nc5)CC4)cc3C2=O)C(=O)C1. The maximum Gasteiger partial charge on any atom is 0.262 e. The summed E-state index contributed by atoms with van der Waals surface area (Å²) in [6.07, 6.45) is 3.91. The van der Waals surface area contributed by atoms with Gasteiger partial charge in [0.25, 0.3) is 11.8 Å². The molecule has 1 N–H and O–H groups in total. The zero-order chi connectivity index (χ0) is 39.8. The molecule has 4 aliphatic rings. The van der Waals surface area contributed by atoms with Crippen LogP contribution in [0.5, 0.6) is 23.1 Å². The van der Waals surface area contributed by atoms with E-state index < -0.39 is 17.9 Å². The van der Waals surface area contributed by atoms with Crippen LogP contribution < -0.4 is 14.4 Å². The van der Waals surface area contributed by atoms with Crippen molar-refractivity contribution >= 4 is 29.1 Å². The van der Waals surface area contributed by atoms with Crippen molar-refractivity contribution in [3.8, 4) is 23.1 Å². The van der Waals surface area contributed by atoms with Gasteiger partial charge in [-0.15, -0.1) is 0 Å². The summed E-state index contributed by atoms with van der Waals surface area (Å²) in [5, 5.41) is 10.2. The number of amides is 2. The summed E-state index contributed by atoms with van der Waals surface area (Å²) in [5.74, 6) is 0.982. The quantitative estimate of drug-likeness (QED) is 0.118. The van der Waals surface area contributed by atoms with Gasteiger partial charge < -0.3 is 19.5 Å². The standard InChI is InChI=1S/C47H44N4O7/c52-34-10-16-39-32(26-34)8-15-38(30-4-2-1-3-5-30)45(39)31-6-12-36(13-7-31)58-44-19-9-33(29-48-44)50-22-20-49(21-23-50)24-25-57-37-14-17-40-41(28-37)47(56)51(46(40)55)42-18-11-35(53)27-43(42)54/h1-7,9-10,12-14,16-17,19,26,28-29,38,42,45,52H,8,11,15,18,20-25,27H2/t38-,42?,45+/m1/s1. The minimum absolute atomic E-state index is 0.158. The summed E-state index contributed by atoms with van der Waals surface area (Å²) in [5.41, 5.74) is 6.50. The van der Waals surface area contributed by atoms with E-state index in [9.17, 15) is 24.3 Å². The number of pyridine rings is 1. The first-order valence-corrected chi connectivity index (χ1v) is 20.1. The van der Waals surface area contributed by atoms with Gasteiger partial charge in [0.1, 0.15) is 29.6 Å². The molecule has 3 heterocycles. The van der Waals surface area contributed by atoms with Crippen molar-refractivity contribution in [1.82, 2.24) is 14.8 Å². The van der Waals surface area contributed by atoms with Crippen LogP contribution in [0.3, 0.4) is 0 Å². The number of hydrogen-bond donors (Lipinski definition) is 1. The molecule has 1 aromatic heterocycles. The number of aromatic hydroxyl groups is 1. The first kappa shape index (κ1) is 37.3. The van der Waals surface area contributed by atoms with E-state index in [4.69, 9.17) is 9.47 Å². The Hall–Kier alpha value is -6.33. The van der Waals surface area contributed by atoms with Crippen molar-refractivity contribution in [3.05, 3.63) is 143 Å². The van der Waals surface area contributed by atoms with E-state index in [0.29, 0.717) is 36.4 Å². The highest BCUT2D eigenvalue weighted by atomic mass is 16.5. The average Bonchev–Trinajstić information content (AvgIpc) is 3.49. The molecule has 294 valence electrons. The molecule has 2 fully saturated rings. The highest BCUT2D eigenvalue weighted by Gasteiger charge is 2.44. The minimum atomic E-state index is -0.891. The Labute approximate surface area is 336 Å². The number of ketones is 2. The van der Waals surface area contributed by atoms with Gasteiger partial charge in [0.15, 0.2) is 5.78 Å². The number of phenolic OH excluding ortho intramolecular Hbond substituents is 1. The smallest absolute Gasteiger partial charge is 0.262 e. The number of phenols is 1. The number of carbonyl (C=O) groups is 4. The van der Waals surface area contributed by atoms with Crippen LogP contribution in [-0.2, 0) is 16.0 Å². The monoisotopic (exact) mass is 776 g/mol. The van der Waals surface area contributed by atoms with Gasteiger partial charge in [0.2, 0.25) is 5.88 Å².